The zero-order chi connectivity index (χ0) is 17.8. The van der Waals surface area contributed by atoms with Crippen LogP contribution in [0.2, 0.25) is 0 Å². The van der Waals surface area contributed by atoms with E-state index in [1.165, 1.54) is 6.08 Å². The maximum absolute atomic E-state index is 10.9. The first kappa shape index (κ1) is 17.3. The Morgan fingerprint density at radius 3 is 2.76 bits per heavy atom. The fourth-order valence-corrected chi connectivity index (χ4v) is 5.32. The van der Waals surface area contributed by atoms with Crippen LogP contribution < -0.4 is 11.1 Å². The third-order valence-corrected chi connectivity index (χ3v) is 6.67. The summed E-state index contributed by atoms with van der Waals surface area (Å²) in [5.74, 6) is 0.0683. The average molecular weight is 352 g/mol. The monoisotopic (exact) mass is 352 g/mol. The van der Waals surface area contributed by atoms with Crippen molar-refractivity contribution in [3.63, 3.8) is 0 Å². The predicted octanol–water partition coefficient (Wildman–Crippen LogP) is 1.78. The predicted molar refractivity (Wildman–Crippen MR) is 88.3 cm³/mol. The van der Waals surface area contributed by atoms with E-state index in [4.69, 9.17) is 25.0 Å². The third kappa shape index (κ3) is 2.60. The van der Waals surface area contributed by atoms with Gasteiger partial charge in [0.25, 0.3) is 0 Å². The summed E-state index contributed by atoms with van der Waals surface area (Å²) < 4.78 is 12.6. The molecule has 5 rings (SSSR count). The Hall–Kier alpha value is -1.15. The van der Waals surface area contributed by atoms with Gasteiger partial charge >= 0.3 is 0 Å². The highest BCUT2D eigenvalue weighted by atomic mass is 17.3. The lowest BCUT2D eigenvalue weighted by Crippen LogP contribution is -2.71. The minimum atomic E-state index is -0.772. The van der Waals surface area contributed by atoms with E-state index in [1.54, 1.807) is 6.20 Å². The van der Waals surface area contributed by atoms with Gasteiger partial charge < -0.3 is 20.5 Å². The van der Waals surface area contributed by atoms with Crippen LogP contribution >= 0.6 is 0 Å². The number of ether oxygens (including phenoxy) is 2. The molecule has 4 aliphatic heterocycles. The standard InChI is InChI=1S/C18H28N2O5/c1-10-4-5-13-11(2)15(20-9-7-14(19)21)22-16-18(13)12(10)6-8-17(3,23-16)24-25-18/h7,9-13,15-16,20H,4-6,8H2,1-3H3,(H2,19,21)/t10-,11-,12+,13+,15-,16-,17-,18-/m1/s1. The van der Waals surface area contributed by atoms with E-state index in [1.807, 2.05) is 6.92 Å². The first-order chi connectivity index (χ1) is 11.9. The maximum atomic E-state index is 10.9. The first-order valence-electron chi connectivity index (χ1n) is 9.28. The summed E-state index contributed by atoms with van der Waals surface area (Å²) >= 11 is 0. The number of hydrogen-bond donors (Lipinski definition) is 2. The lowest BCUT2D eigenvalue weighted by Gasteiger charge is -2.60. The normalized spacial score (nSPS) is 51.8. The molecule has 1 spiro atoms. The Morgan fingerprint density at radius 2 is 2.00 bits per heavy atom. The summed E-state index contributed by atoms with van der Waals surface area (Å²) in [4.78, 5) is 22.8. The van der Waals surface area contributed by atoms with Gasteiger partial charge in [-0.05, 0) is 38.0 Å². The Kier molecular flexibility index (Phi) is 4.11. The van der Waals surface area contributed by atoms with Crippen molar-refractivity contribution in [1.82, 2.24) is 5.32 Å². The number of nitrogens with one attached hydrogen (secondary N) is 1. The van der Waals surface area contributed by atoms with Crippen LogP contribution in [0.5, 0.6) is 0 Å². The lowest BCUT2D eigenvalue weighted by atomic mass is 9.58. The zero-order valence-corrected chi connectivity index (χ0v) is 15.1. The quantitative estimate of drug-likeness (QED) is 0.594. The van der Waals surface area contributed by atoms with E-state index in [0.717, 1.165) is 25.7 Å². The SMILES string of the molecule is C[C@H]1[C@H](NC=CC(N)=O)O[C@@H]2O[C@@]3(C)CC[C@H]4[C@H](C)CC[C@@H]1[C@@]24OO3. The number of rotatable bonds is 3. The van der Waals surface area contributed by atoms with E-state index in [9.17, 15) is 4.79 Å². The smallest absolute Gasteiger partial charge is 0.242 e. The molecule has 5 aliphatic rings. The zero-order valence-electron chi connectivity index (χ0n) is 15.1. The number of amides is 1. The Labute approximate surface area is 148 Å². The van der Waals surface area contributed by atoms with E-state index < -0.39 is 23.6 Å². The number of carbonyl (C=O) groups excluding carboxylic acids is 1. The molecule has 7 heteroatoms. The van der Waals surface area contributed by atoms with Crippen molar-refractivity contribution < 1.29 is 24.0 Å². The highest BCUT2D eigenvalue weighted by Gasteiger charge is 2.69. The van der Waals surface area contributed by atoms with E-state index in [2.05, 4.69) is 19.2 Å². The van der Waals surface area contributed by atoms with E-state index in [-0.39, 0.29) is 18.1 Å². The molecular weight excluding hydrogens is 324 g/mol. The van der Waals surface area contributed by atoms with Gasteiger partial charge in [-0.3, -0.25) is 4.79 Å². The largest absolute Gasteiger partial charge is 0.366 e. The minimum Gasteiger partial charge on any atom is -0.366 e. The Balaban J connectivity index is 1.66. The molecule has 2 bridgehead atoms. The molecule has 0 unspecified atom stereocenters. The average Bonchev–Trinajstić information content (AvgIpc) is 2.78. The molecule has 1 saturated carbocycles. The second-order valence-electron chi connectivity index (χ2n) is 8.23. The van der Waals surface area contributed by atoms with Gasteiger partial charge in [0.1, 0.15) is 6.23 Å². The van der Waals surface area contributed by atoms with Crippen molar-refractivity contribution in [3.05, 3.63) is 12.3 Å². The van der Waals surface area contributed by atoms with Crippen LogP contribution in [0, 0.1) is 23.7 Å². The molecule has 8 atom stereocenters. The van der Waals surface area contributed by atoms with E-state index in [0.29, 0.717) is 11.8 Å². The fourth-order valence-electron chi connectivity index (χ4n) is 5.32. The van der Waals surface area contributed by atoms with Crippen LogP contribution in [0.3, 0.4) is 0 Å². The van der Waals surface area contributed by atoms with Gasteiger partial charge in [-0.2, -0.15) is 0 Å². The van der Waals surface area contributed by atoms with Gasteiger partial charge in [0.15, 0.2) is 11.9 Å². The van der Waals surface area contributed by atoms with Crippen molar-refractivity contribution in [2.75, 3.05) is 0 Å². The lowest BCUT2D eigenvalue weighted by molar-refractivity contribution is -0.571. The number of nitrogens with two attached hydrogens (primary N) is 1. The number of hydrogen-bond acceptors (Lipinski definition) is 6. The summed E-state index contributed by atoms with van der Waals surface area (Å²) in [6.45, 7) is 6.36. The topological polar surface area (TPSA) is 92.0 Å². The molecule has 4 heterocycles. The third-order valence-electron chi connectivity index (χ3n) is 6.67. The fraction of sp³-hybridized carbons (Fsp3) is 0.833. The van der Waals surface area contributed by atoms with Gasteiger partial charge in [-0.15, -0.1) is 0 Å². The number of carbonyl (C=O) groups is 1. The van der Waals surface area contributed by atoms with Crippen molar-refractivity contribution >= 4 is 5.91 Å². The second-order valence-corrected chi connectivity index (χ2v) is 8.23. The van der Waals surface area contributed by atoms with Crippen LogP contribution in [0.25, 0.3) is 0 Å². The Bertz CT molecular complexity index is 584. The summed E-state index contributed by atoms with van der Waals surface area (Å²) in [7, 11) is 0. The van der Waals surface area contributed by atoms with Crippen LogP contribution in [-0.4, -0.2) is 29.8 Å². The van der Waals surface area contributed by atoms with Gasteiger partial charge in [0, 0.05) is 30.5 Å². The highest BCUT2D eigenvalue weighted by Crippen LogP contribution is 2.60. The molecule has 1 aliphatic carbocycles. The summed E-state index contributed by atoms with van der Waals surface area (Å²) in [6, 6.07) is 0. The molecule has 140 valence electrons. The molecule has 5 fully saturated rings. The molecule has 3 N–H and O–H groups in total. The molecule has 4 saturated heterocycles. The van der Waals surface area contributed by atoms with Gasteiger partial charge in [-0.25, -0.2) is 9.78 Å². The van der Waals surface area contributed by atoms with Crippen molar-refractivity contribution in [2.45, 2.75) is 70.4 Å². The second kappa shape index (κ2) is 5.94. The van der Waals surface area contributed by atoms with Gasteiger partial charge in [-0.1, -0.05) is 13.8 Å². The van der Waals surface area contributed by atoms with Crippen LogP contribution in [0.1, 0.15) is 46.5 Å². The molecule has 0 aromatic heterocycles. The van der Waals surface area contributed by atoms with Crippen LogP contribution in [-0.2, 0) is 24.0 Å². The van der Waals surface area contributed by atoms with E-state index >= 15 is 0 Å². The van der Waals surface area contributed by atoms with Crippen LogP contribution in [0.4, 0.5) is 0 Å². The maximum Gasteiger partial charge on any atom is 0.242 e. The molecule has 0 aromatic rings. The van der Waals surface area contributed by atoms with Gasteiger partial charge in [0.05, 0.1) is 0 Å². The van der Waals surface area contributed by atoms with Gasteiger partial charge in [0.2, 0.25) is 11.7 Å². The molecule has 0 radical (unpaired) electrons. The minimum absolute atomic E-state index is 0.179. The van der Waals surface area contributed by atoms with Crippen molar-refractivity contribution in [2.24, 2.45) is 29.4 Å². The van der Waals surface area contributed by atoms with Crippen molar-refractivity contribution in [1.29, 1.82) is 0 Å². The molecule has 25 heavy (non-hydrogen) atoms. The summed E-state index contributed by atoms with van der Waals surface area (Å²) in [5.41, 5.74) is 4.61. The molecule has 0 aromatic carbocycles. The first-order valence-corrected chi connectivity index (χ1v) is 9.28. The molecule has 7 nitrogen and oxygen atoms in total. The number of fused-ring (bicyclic) bond motifs is 2. The van der Waals surface area contributed by atoms with Crippen molar-refractivity contribution in [3.8, 4) is 0 Å². The highest BCUT2D eigenvalue weighted by molar-refractivity contribution is 5.85. The summed E-state index contributed by atoms with van der Waals surface area (Å²) in [6.07, 6.45) is 6.12. The Morgan fingerprint density at radius 1 is 1.20 bits per heavy atom. The van der Waals surface area contributed by atoms with Crippen LogP contribution in [0.15, 0.2) is 12.3 Å². The summed E-state index contributed by atoms with van der Waals surface area (Å²) in [5, 5.41) is 3.16. The number of primary amides is 1. The molecular formula is C18H28N2O5. The molecule has 1 amide bonds.